The highest BCUT2D eigenvalue weighted by Gasteiger charge is 2.22. The predicted octanol–water partition coefficient (Wildman–Crippen LogP) is 0.568. The fraction of sp³-hybridized carbons (Fsp3) is 0.625. The molecule has 0 saturated carbocycles. The maximum atomic E-state index is 11.4. The van der Waals surface area contributed by atoms with Crippen molar-refractivity contribution in [3.63, 3.8) is 0 Å². The lowest BCUT2D eigenvalue weighted by atomic mass is 10.2. The summed E-state index contributed by atoms with van der Waals surface area (Å²) in [7, 11) is 0. The molecule has 0 radical (unpaired) electrons. The van der Waals surface area contributed by atoms with Crippen LogP contribution in [-0.4, -0.2) is 31.8 Å². The van der Waals surface area contributed by atoms with Gasteiger partial charge in [-0.1, -0.05) is 21.1 Å². The number of hydrogen-bond donors (Lipinski definition) is 1. The van der Waals surface area contributed by atoms with Crippen LogP contribution in [-0.2, 0) is 11.3 Å². The molecule has 1 rings (SSSR count). The lowest BCUT2D eigenvalue weighted by Gasteiger charge is -2.15. The topological polar surface area (TPSA) is 59.8 Å². The van der Waals surface area contributed by atoms with Crippen molar-refractivity contribution >= 4 is 21.8 Å². The first-order valence-corrected chi connectivity index (χ1v) is 5.11. The van der Waals surface area contributed by atoms with E-state index in [1.165, 1.54) is 0 Å². The van der Waals surface area contributed by atoms with Crippen LogP contribution in [0.2, 0.25) is 0 Å². The van der Waals surface area contributed by atoms with E-state index in [-0.39, 0.29) is 5.91 Å². The first kappa shape index (κ1) is 11.2. The molecule has 0 bridgehead atoms. The highest BCUT2D eigenvalue weighted by atomic mass is 79.9. The van der Waals surface area contributed by atoms with E-state index in [0.29, 0.717) is 13.1 Å². The first-order chi connectivity index (χ1) is 6.50. The van der Waals surface area contributed by atoms with Crippen LogP contribution < -0.4 is 5.32 Å². The quantitative estimate of drug-likeness (QED) is 0.806. The van der Waals surface area contributed by atoms with Gasteiger partial charge in [-0.3, -0.25) is 9.48 Å². The van der Waals surface area contributed by atoms with Crippen LogP contribution in [0.3, 0.4) is 0 Å². The number of hydrogen-bond acceptors (Lipinski definition) is 3. The van der Waals surface area contributed by atoms with Gasteiger partial charge in [0.2, 0.25) is 5.91 Å². The van der Waals surface area contributed by atoms with E-state index < -0.39 is 4.32 Å². The Kier molecular flexibility index (Phi) is 3.62. The fourth-order valence-corrected chi connectivity index (χ4v) is 0.986. The number of aromatic nitrogens is 3. The van der Waals surface area contributed by atoms with Crippen LogP contribution in [0.15, 0.2) is 12.4 Å². The molecule has 0 aliphatic carbocycles. The molecule has 6 heteroatoms. The van der Waals surface area contributed by atoms with Crippen molar-refractivity contribution in [2.45, 2.75) is 24.7 Å². The lowest BCUT2D eigenvalue weighted by molar-refractivity contribution is -0.122. The fourth-order valence-electron chi connectivity index (χ4n) is 0.846. The average Bonchev–Trinajstić information content (AvgIpc) is 2.55. The molecule has 0 fully saturated rings. The number of halogens is 1. The van der Waals surface area contributed by atoms with Crippen molar-refractivity contribution in [2.24, 2.45) is 0 Å². The van der Waals surface area contributed by atoms with Gasteiger partial charge < -0.3 is 5.32 Å². The number of carbonyl (C=O) groups excluding carboxylic acids is 1. The van der Waals surface area contributed by atoms with Gasteiger partial charge in [-0.2, -0.15) is 0 Å². The van der Waals surface area contributed by atoms with Crippen molar-refractivity contribution in [2.75, 3.05) is 6.54 Å². The summed E-state index contributed by atoms with van der Waals surface area (Å²) in [6, 6.07) is 0. The van der Waals surface area contributed by atoms with Crippen LogP contribution in [0.5, 0.6) is 0 Å². The zero-order chi connectivity index (χ0) is 10.6. The van der Waals surface area contributed by atoms with Crippen LogP contribution in [0.25, 0.3) is 0 Å². The second kappa shape index (κ2) is 4.54. The second-order valence-electron chi connectivity index (χ2n) is 3.39. The van der Waals surface area contributed by atoms with Gasteiger partial charge in [-0.05, 0) is 13.8 Å². The Hall–Kier alpha value is -0.910. The van der Waals surface area contributed by atoms with Crippen LogP contribution >= 0.6 is 15.9 Å². The molecule has 14 heavy (non-hydrogen) atoms. The minimum Gasteiger partial charge on any atom is -0.353 e. The summed E-state index contributed by atoms with van der Waals surface area (Å²) >= 11 is 3.28. The third kappa shape index (κ3) is 3.45. The Balaban J connectivity index is 2.26. The van der Waals surface area contributed by atoms with Gasteiger partial charge >= 0.3 is 0 Å². The van der Waals surface area contributed by atoms with Crippen molar-refractivity contribution in [3.05, 3.63) is 12.4 Å². The van der Waals surface area contributed by atoms with E-state index >= 15 is 0 Å². The van der Waals surface area contributed by atoms with Gasteiger partial charge in [-0.15, -0.1) is 5.10 Å². The summed E-state index contributed by atoms with van der Waals surface area (Å²) in [6.45, 7) is 4.79. The molecule has 0 spiro atoms. The minimum atomic E-state index is -0.518. The molecule has 1 aromatic heterocycles. The standard InChI is InChI=1S/C8H13BrN4O/c1-8(2,9)7(14)10-3-5-13-6-4-11-12-13/h4,6H,3,5H2,1-2H3,(H,10,14). The number of carbonyl (C=O) groups is 1. The van der Waals surface area contributed by atoms with Crippen molar-refractivity contribution in [3.8, 4) is 0 Å². The maximum Gasteiger partial charge on any atom is 0.236 e. The summed E-state index contributed by atoms with van der Waals surface area (Å²) in [5.41, 5.74) is 0. The summed E-state index contributed by atoms with van der Waals surface area (Å²) in [5, 5.41) is 10.2. The third-order valence-corrected chi connectivity index (χ3v) is 2.00. The van der Waals surface area contributed by atoms with Gasteiger partial charge in [0, 0.05) is 12.7 Å². The largest absolute Gasteiger partial charge is 0.353 e. The van der Waals surface area contributed by atoms with E-state index in [2.05, 4.69) is 31.6 Å². The van der Waals surface area contributed by atoms with Crippen molar-refractivity contribution in [1.29, 1.82) is 0 Å². The normalized spacial score (nSPS) is 11.4. The monoisotopic (exact) mass is 260 g/mol. The van der Waals surface area contributed by atoms with E-state index in [1.54, 1.807) is 30.9 Å². The lowest BCUT2D eigenvalue weighted by Crippen LogP contribution is -2.39. The van der Waals surface area contributed by atoms with Gasteiger partial charge in [0.05, 0.1) is 17.1 Å². The van der Waals surface area contributed by atoms with Crippen molar-refractivity contribution in [1.82, 2.24) is 20.3 Å². The highest BCUT2D eigenvalue weighted by molar-refractivity contribution is 9.10. The van der Waals surface area contributed by atoms with Crippen LogP contribution in [0, 0.1) is 0 Å². The average molecular weight is 261 g/mol. The molecule has 0 aliphatic heterocycles. The van der Waals surface area contributed by atoms with E-state index in [9.17, 15) is 4.79 Å². The predicted molar refractivity (Wildman–Crippen MR) is 56.0 cm³/mol. The Morgan fingerprint density at radius 2 is 2.36 bits per heavy atom. The van der Waals surface area contributed by atoms with Gasteiger partial charge in [0.1, 0.15) is 0 Å². The number of rotatable bonds is 4. The molecule has 1 N–H and O–H groups in total. The Bertz CT molecular complexity index is 291. The Labute approximate surface area is 91.0 Å². The summed E-state index contributed by atoms with van der Waals surface area (Å²) in [5.74, 6) is -0.0300. The van der Waals surface area contributed by atoms with E-state index in [4.69, 9.17) is 0 Å². The van der Waals surface area contributed by atoms with E-state index in [1.807, 2.05) is 0 Å². The SMILES string of the molecule is CC(C)(Br)C(=O)NCCn1ccnn1. The second-order valence-corrected chi connectivity index (χ2v) is 5.38. The molecule has 78 valence electrons. The van der Waals surface area contributed by atoms with Gasteiger partial charge in [0.15, 0.2) is 0 Å². The molecule has 1 heterocycles. The zero-order valence-electron chi connectivity index (χ0n) is 8.20. The van der Waals surface area contributed by atoms with Gasteiger partial charge in [0.25, 0.3) is 0 Å². The summed E-state index contributed by atoms with van der Waals surface area (Å²) in [6.07, 6.45) is 3.36. The summed E-state index contributed by atoms with van der Waals surface area (Å²) in [4.78, 5) is 11.4. The highest BCUT2D eigenvalue weighted by Crippen LogP contribution is 2.14. The molecule has 0 atom stereocenters. The van der Waals surface area contributed by atoms with Crippen LogP contribution in [0.4, 0.5) is 0 Å². The molecular formula is C8H13BrN4O. The first-order valence-electron chi connectivity index (χ1n) is 4.31. The number of alkyl halides is 1. The molecule has 0 aromatic carbocycles. The number of nitrogens with one attached hydrogen (secondary N) is 1. The minimum absolute atomic E-state index is 0.0300. The smallest absolute Gasteiger partial charge is 0.236 e. The number of nitrogens with zero attached hydrogens (tertiary/aromatic N) is 3. The molecule has 1 amide bonds. The molecule has 1 aromatic rings. The zero-order valence-corrected chi connectivity index (χ0v) is 9.78. The molecule has 0 aliphatic rings. The summed E-state index contributed by atoms with van der Waals surface area (Å²) < 4.78 is 1.15. The maximum absolute atomic E-state index is 11.4. The van der Waals surface area contributed by atoms with Gasteiger partial charge in [-0.25, -0.2) is 0 Å². The molecule has 5 nitrogen and oxygen atoms in total. The van der Waals surface area contributed by atoms with E-state index in [0.717, 1.165) is 0 Å². The van der Waals surface area contributed by atoms with Crippen molar-refractivity contribution < 1.29 is 4.79 Å². The number of amides is 1. The molecule has 0 saturated heterocycles. The molecule has 0 unspecified atom stereocenters. The Morgan fingerprint density at radius 1 is 1.64 bits per heavy atom. The van der Waals surface area contributed by atoms with Crippen LogP contribution in [0.1, 0.15) is 13.8 Å². The third-order valence-electron chi connectivity index (χ3n) is 1.64. The molecular weight excluding hydrogens is 248 g/mol. The Morgan fingerprint density at radius 3 is 2.86 bits per heavy atom.